The van der Waals surface area contributed by atoms with Crippen molar-refractivity contribution in [3.63, 3.8) is 0 Å². The minimum atomic E-state index is -3.60. The van der Waals surface area contributed by atoms with E-state index in [0.29, 0.717) is 13.0 Å². The molecule has 0 unspecified atom stereocenters. The molecule has 2 aromatic rings. The van der Waals surface area contributed by atoms with E-state index in [2.05, 4.69) is 0 Å². The maximum atomic E-state index is 13.0. The van der Waals surface area contributed by atoms with Crippen molar-refractivity contribution in [2.75, 3.05) is 18.5 Å². The highest BCUT2D eigenvalue weighted by molar-refractivity contribution is 7.89. The number of carbonyl (C=O) groups excluding carboxylic acids is 1. The van der Waals surface area contributed by atoms with Crippen LogP contribution in [0, 0.1) is 0 Å². The molecular formula is C19H20N2O3S. The van der Waals surface area contributed by atoms with Crippen LogP contribution in [-0.2, 0) is 34.2 Å². The Labute approximate surface area is 147 Å². The van der Waals surface area contributed by atoms with E-state index in [0.717, 1.165) is 41.8 Å². The van der Waals surface area contributed by atoms with Gasteiger partial charge in [-0.2, -0.15) is 4.31 Å². The average Bonchev–Trinajstić information content (AvgIpc) is 2.93. The van der Waals surface area contributed by atoms with Crippen LogP contribution >= 0.6 is 0 Å². The fraction of sp³-hybridized carbons (Fsp3) is 0.316. The van der Waals surface area contributed by atoms with Gasteiger partial charge in [-0.3, -0.25) is 4.79 Å². The number of rotatable bonds is 4. The highest BCUT2D eigenvalue weighted by atomic mass is 32.2. The van der Waals surface area contributed by atoms with Crippen molar-refractivity contribution in [2.45, 2.75) is 30.7 Å². The third kappa shape index (κ3) is 2.75. The normalized spacial score (nSPS) is 16.4. The largest absolute Gasteiger partial charge is 0.312 e. The van der Waals surface area contributed by atoms with E-state index in [9.17, 15) is 13.2 Å². The van der Waals surface area contributed by atoms with Crippen molar-refractivity contribution >= 4 is 21.6 Å². The van der Waals surface area contributed by atoms with Crippen molar-refractivity contribution in [1.29, 1.82) is 0 Å². The zero-order chi connectivity index (χ0) is 17.6. The zero-order valence-corrected chi connectivity index (χ0v) is 14.9. The molecule has 6 heteroatoms. The third-order valence-corrected chi connectivity index (χ3v) is 6.72. The quantitative estimate of drug-likeness (QED) is 0.845. The van der Waals surface area contributed by atoms with Crippen LogP contribution in [0.3, 0.4) is 0 Å². The maximum absolute atomic E-state index is 13.0. The molecule has 0 saturated carbocycles. The van der Waals surface area contributed by atoms with Gasteiger partial charge in [0.1, 0.15) is 0 Å². The van der Waals surface area contributed by atoms with Crippen molar-refractivity contribution in [1.82, 2.24) is 4.31 Å². The summed E-state index contributed by atoms with van der Waals surface area (Å²) in [5.74, 6) is 0.0724. The number of nitrogens with zero attached hydrogens (tertiary/aromatic N) is 2. The molecule has 2 heterocycles. The number of amides is 1. The Balaban J connectivity index is 1.70. The molecule has 130 valence electrons. The lowest BCUT2D eigenvalue weighted by molar-refractivity contribution is -0.117. The molecule has 0 atom stereocenters. The predicted octanol–water partition coefficient (Wildman–Crippen LogP) is 2.34. The average molecular weight is 356 g/mol. The summed E-state index contributed by atoms with van der Waals surface area (Å²) in [6.45, 7) is 1.06. The Morgan fingerprint density at radius 2 is 1.84 bits per heavy atom. The van der Waals surface area contributed by atoms with E-state index < -0.39 is 10.0 Å². The second-order valence-electron chi connectivity index (χ2n) is 6.66. The van der Waals surface area contributed by atoms with Crippen molar-refractivity contribution < 1.29 is 13.2 Å². The third-order valence-electron chi connectivity index (χ3n) is 4.94. The summed E-state index contributed by atoms with van der Waals surface area (Å²) in [6.07, 6.45) is 1.99. The lowest BCUT2D eigenvalue weighted by Gasteiger charge is -2.26. The van der Waals surface area contributed by atoms with Crippen molar-refractivity contribution in [3.05, 3.63) is 59.2 Å². The number of carbonyl (C=O) groups is 1. The van der Waals surface area contributed by atoms with Gasteiger partial charge in [0, 0.05) is 20.1 Å². The van der Waals surface area contributed by atoms with Gasteiger partial charge in [0.05, 0.1) is 17.0 Å². The molecule has 0 N–H and O–H groups in total. The molecule has 0 aliphatic carbocycles. The zero-order valence-electron chi connectivity index (χ0n) is 14.1. The highest BCUT2D eigenvalue weighted by Crippen LogP contribution is 2.38. The number of hydrogen-bond acceptors (Lipinski definition) is 3. The van der Waals surface area contributed by atoms with Crippen LogP contribution in [-0.4, -0.2) is 32.2 Å². The SMILES string of the molecule is CN(Cc1ccccc1)S(=O)(=O)c1cc2c3c(c1)CC(=O)N3CCC2. The standard InChI is InChI=1S/C19H20N2O3S/c1-20(13-14-6-3-2-4-7-14)25(23,24)17-10-15-8-5-9-21-18(22)12-16(11-17)19(15)21/h2-4,6-7,10-11H,5,8-9,12-13H2,1H3. The lowest BCUT2D eigenvalue weighted by atomic mass is 10.0. The van der Waals surface area contributed by atoms with Gasteiger partial charge in [-0.05, 0) is 41.7 Å². The molecule has 0 spiro atoms. The van der Waals surface area contributed by atoms with E-state index in [1.807, 2.05) is 30.3 Å². The summed E-state index contributed by atoms with van der Waals surface area (Å²) >= 11 is 0. The first kappa shape index (κ1) is 16.3. The molecule has 5 nitrogen and oxygen atoms in total. The van der Waals surface area contributed by atoms with E-state index in [1.54, 1.807) is 24.1 Å². The van der Waals surface area contributed by atoms with Gasteiger partial charge >= 0.3 is 0 Å². The fourth-order valence-corrected chi connectivity index (χ4v) is 4.96. The fourth-order valence-electron chi connectivity index (χ4n) is 3.70. The lowest BCUT2D eigenvalue weighted by Crippen LogP contribution is -2.31. The molecule has 0 fully saturated rings. The van der Waals surface area contributed by atoms with Gasteiger partial charge < -0.3 is 4.90 Å². The Morgan fingerprint density at radius 3 is 2.60 bits per heavy atom. The van der Waals surface area contributed by atoms with E-state index in [4.69, 9.17) is 0 Å². The molecule has 2 aromatic carbocycles. The summed E-state index contributed by atoms with van der Waals surface area (Å²) in [4.78, 5) is 14.2. The van der Waals surface area contributed by atoms with Gasteiger partial charge in [0.15, 0.2) is 0 Å². The van der Waals surface area contributed by atoms with Crippen molar-refractivity contribution in [2.24, 2.45) is 0 Å². The highest BCUT2D eigenvalue weighted by Gasteiger charge is 2.34. The van der Waals surface area contributed by atoms with Crippen LogP contribution in [0.15, 0.2) is 47.4 Å². The summed E-state index contributed by atoms with van der Waals surface area (Å²) < 4.78 is 27.4. The minimum Gasteiger partial charge on any atom is -0.312 e. The smallest absolute Gasteiger partial charge is 0.243 e. The number of aryl methyl sites for hydroxylation is 1. The molecule has 4 rings (SSSR count). The summed E-state index contributed by atoms with van der Waals surface area (Å²) in [6, 6.07) is 13.0. The predicted molar refractivity (Wildman–Crippen MR) is 95.9 cm³/mol. The Morgan fingerprint density at radius 1 is 1.12 bits per heavy atom. The summed E-state index contributed by atoms with van der Waals surface area (Å²) in [5, 5.41) is 0. The van der Waals surface area contributed by atoms with Gasteiger partial charge in [0.25, 0.3) is 0 Å². The number of benzene rings is 2. The molecule has 0 bridgehead atoms. The minimum absolute atomic E-state index is 0.0724. The topological polar surface area (TPSA) is 57.7 Å². The van der Waals surface area contributed by atoms with E-state index in [-0.39, 0.29) is 10.8 Å². The molecule has 0 saturated heterocycles. The Hall–Kier alpha value is -2.18. The van der Waals surface area contributed by atoms with Gasteiger partial charge in [-0.25, -0.2) is 8.42 Å². The molecule has 0 radical (unpaired) electrons. The Kier molecular flexibility index (Phi) is 3.89. The molecule has 25 heavy (non-hydrogen) atoms. The summed E-state index contributed by atoms with van der Waals surface area (Å²) in [5.41, 5.74) is 3.70. The van der Waals surface area contributed by atoms with Crippen molar-refractivity contribution in [3.8, 4) is 0 Å². The molecule has 2 aliphatic rings. The van der Waals surface area contributed by atoms with Crippen LogP contribution < -0.4 is 4.90 Å². The first-order valence-corrected chi connectivity index (χ1v) is 9.87. The van der Waals surface area contributed by atoms with Crippen LogP contribution in [0.1, 0.15) is 23.1 Å². The Bertz CT molecular complexity index is 939. The van der Waals surface area contributed by atoms with Crippen LogP contribution in [0.4, 0.5) is 5.69 Å². The second-order valence-corrected chi connectivity index (χ2v) is 8.71. The first-order chi connectivity index (χ1) is 12.0. The van der Waals surface area contributed by atoms with Gasteiger partial charge in [-0.1, -0.05) is 30.3 Å². The van der Waals surface area contributed by atoms with Gasteiger partial charge in [-0.15, -0.1) is 0 Å². The molecular weight excluding hydrogens is 336 g/mol. The number of hydrogen-bond donors (Lipinski definition) is 0. The van der Waals surface area contributed by atoms with Crippen LogP contribution in [0.5, 0.6) is 0 Å². The summed E-state index contributed by atoms with van der Waals surface area (Å²) in [7, 11) is -2.00. The second kappa shape index (κ2) is 5.97. The molecule has 2 aliphatic heterocycles. The molecule has 1 amide bonds. The number of sulfonamides is 1. The van der Waals surface area contributed by atoms with Crippen LogP contribution in [0.2, 0.25) is 0 Å². The monoisotopic (exact) mass is 356 g/mol. The number of anilines is 1. The first-order valence-electron chi connectivity index (χ1n) is 8.43. The van der Waals surface area contributed by atoms with Crippen LogP contribution in [0.25, 0.3) is 0 Å². The van der Waals surface area contributed by atoms with E-state index in [1.165, 1.54) is 4.31 Å². The molecule has 0 aromatic heterocycles. The van der Waals surface area contributed by atoms with Gasteiger partial charge in [0.2, 0.25) is 15.9 Å². The maximum Gasteiger partial charge on any atom is 0.243 e. The van der Waals surface area contributed by atoms with E-state index >= 15 is 0 Å².